The van der Waals surface area contributed by atoms with Crippen molar-refractivity contribution in [1.29, 1.82) is 0 Å². The predicted octanol–water partition coefficient (Wildman–Crippen LogP) is 1.25. The summed E-state index contributed by atoms with van der Waals surface area (Å²) in [7, 11) is 0. The molecular formula is C17H13N3O4. The Bertz CT molecular complexity index is 933. The van der Waals surface area contributed by atoms with Gasteiger partial charge in [0.2, 0.25) is 0 Å². The van der Waals surface area contributed by atoms with Crippen molar-refractivity contribution in [3.05, 3.63) is 41.7 Å². The van der Waals surface area contributed by atoms with E-state index in [-0.39, 0.29) is 5.70 Å². The Morgan fingerprint density at radius 2 is 2.08 bits per heavy atom. The molecule has 0 bridgehead atoms. The van der Waals surface area contributed by atoms with E-state index in [4.69, 9.17) is 11.5 Å². The van der Waals surface area contributed by atoms with E-state index in [2.05, 4.69) is 11.2 Å². The van der Waals surface area contributed by atoms with E-state index in [1.165, 1.54) is 6.08 Å². The number of imide groups is 1. The average molecular weight is 323 g/mol. The van der Waals surface area contributed by atoms with E-state index < -0.39 is 24.5 Å². The van der Waals surface area contributed by atoms with Gasteiger partial charge in [0.05, 0.1) is 6.54 Å². The highest BCUT2D eigenvalue weighted by Gasteiger charge is 2.35. The number of para-hydroxylation sites is 1. The number of benzene rings is 1. The first kappa shape index (κ1) is 15.4. The van der Waals surface area contributed by atoms with E-state index in [9.17, 15) is 14.4 Å². The molecule has 2 N–H and O–H groups in total. The van der Waals surface area contributed by atoms with Gasteiger partial charge in [-0.3, -0.25) is 9.59 Å². The Morgan fingerprint density at radius 3 is 2.79 bits per heavy atom. The minimum Gasteiger partial charge on any atom is -0.480 e. The average Bonchev–Trinajstić information content (AvgIpc) is 3.01. The van der Waals surface area contributed by atoms with Crippen molar-refractivity contribution in [2.45, 2.75) is 6.54 Å². The Hall–Kier alpha value is -3.53. The minimum absolute atomic E-state index is 0.0323. The zero-order valence-electron chi connectivity index (χ0n) is 12.5. The van der Waals surface area contributed by atoms with Crippen LogP contribution in [0.15, 0.2) is 36.2 Å². The van der Waals surface area contributed by atoms with Gasteiger partial charge in [0.1, 0.15) is 12.2 Å². The number of nitrogens with one attached hydrogen (secondary N) is 1. The van der Waals surface area contributed by atoms with Crippen LogP contribution in [-0.4, -0.2) is 39.0 Å². The van der Waals surface area contributed by atoms with Gasteiger partial charge in [0.15, 0.2) is 0 Å². The summed E-state index contributed by atoms with van der Waals surface area (Å²) in [6, 6.07) is 6.77. The van der Waals surface area contributed by atoms with Crippen LogP contribution in [0.2, 0.25) is 0 Å². The Labute approximate surface area is 137 Å². The van der Waals surface area contributed by atoms with E-state index in [1.54, 1.807) is 6.20 Å². The molecule has 0 radical (unpaired) electrons. The number of carboxylic acid groups (broad SMARTS) is 1. The molecule has 0 saturated carbocycles. The van der Waals surface area contributed by atoms with Crippen molar-refractivity contribution in [1.82, 2.24) is 14.8 Å². The molecule has 7 nitrogen and oxygen atoms in total. The summed E-state index contributed by atoms with van der Waals surface area (Å²) >= 11 is 0. The summed E-state index contributed by atoms with van der Waals surface area (Å²) in [5.74, 6) is 0.631. The zero-order chi connectivity index (χ0) is 17.3. The first-order chi connectivity index (χ1) is 11.5. The van der Waals surface area contributed by atoms with Gasteiger partial charge in [-0.25, -0.2) is 9.69 Å². The number of hydrogen-bond acceptors (Lipinski definition) is 3. The number of carboxylic acids is 1. The molecule has 3 amide bonds. The second-order valence-electron chi connectivity index (χ2n) is 5.21. The van der Waals surface area contributed by atoms with Gasteiger partial charge in [-0.2, -0.15) is 0 Å². The third kappa shape index (κ3) is 2.61. The van der Waals surface area contributed by atoms with Crippen LogP contribution in [0.5, 0.6) is 0 Å². The Morgan fingerprint density at radius 1 is 1.33 bits per heavy atom. The third-order valence-electron chi connectivity index (χ3n) is 3.64. The normalized spacial score (nSPS) is 15.8. The highest BCUT2D eigenvalue weighted by Crippen LogP contribution is 2.24. The van der Waals surface area contributed by atoms with Crippen LogP contribution in [0.3, 0.4) is 0 Å². The van der Waals surface area contributed by atoms with Crippen LogP contribution in [-0.2, 0) is 16.1 Å². The highest BCUT2D eigenvalue weighted by atomic mass is 16.4. The number of nitrogens with zero attached hydrogens (tertiary/aromatic N) is 2. The van der Waals surface area contributed by atoms with Crippen molar-refractivity contribution < 1.29 is 19.5 Å². The van der Waals surface area contributed by atoms with Gasteiger partial charge in [0, 0.05) is 22.7 Å². The van der Waals surface area contributed by atoms with E-state index in [0.29, 0.717) is 17.0 Å². The summed E-state index contributed by atoms with van der Waals surface area (Å²) in [5.41, 5.74) is 1.65. The number of fused-ring (bicyclic) bond motifs is 1. The number of rotatable bonds is 4. The molecule has 1 aliphatic rings. The zero-order valence-corrected chi connectivity index (χ0v) is 12.5. The monoisotopic (exact) mass is 323 g/mol. The quantitative estimate of drug-likeness (QED) is 0.503. The Balaban J connectivity index is 2.02. The fourth-order valence-corrected chi connectivity index (χ4v) is 2.63. The van der Waals surface area contributed by atoms with Crippen LogP contribution in [0.4, 0.5) is 4.79 Å². The highest BCUT2D eigenvalue weighted by molar-refractivity contribution is 6.15. The number of aliphatic carboxylic acids is 1. The molecule has 120 valence electrons. The van der Waals surface area contributed by atoms with E-state index in [0.717, 1.165) is 10.9 Å². The van der Waals surface area contributed by atoms with Crippen molar-refractivity contribution in [3.8, 4) is 12.3 Å². The number of amides is 3. The second kappa shape index (κ2) is 5.93. The molecule has 1 aromatic carbocycles. The predicted molar refractivity (Wildman–Crippen MR) is 86.6 cm³/mol. The maximum Gasteiger partial charge on any atom is 0.329 e. The third-order valence-corrected chi connectivity index (χ3v) is 3.64. The lowest BCUT2D eigenvalue weighted by molar-refractivity contribution is -0.140. The molecule has 0 aliphatic carbocycles. The number of hydrogen-bond donors (Lipinski definition) is 2. The fourth-order valence-electron chi connectivity index (χ4n) is 2.63. The lowest BCUT2D eigenvalue weighted by atomic mass is 10.1. The molecule has 0 unspecified atom stereocenters. The lowest BCUT2D eigenvalue weighted by Crippen LogP contribution is -2.35. The van der Waals surface area contributed by atoms with Crippen molar-refractivity contribution in [2.75, 3.05) is 6.54 Å². The first-order valence-corrected chi connectivity index (χ1v) is 7.09. The van der Waals surface area contributed by atoms with Crippen LogP contribution in [0.1, 0.15) is 5.56 Å². The van der Waals surface area contributed by atoms with Gasteiger partial charge in [-0.05, 0) is 12.1 Å². The molecule has 1 saturated heterocycles. The lowest BCUT2D eigenvalue weighted by Gasteiger charge is -2.06. The number of urea groups is 1. The van der Waals surface area contributed by atoms with Crippen molar-refractivity contribution >= 4 is 34.9 Å². The van der Waals surface area contributed by atoms with Crippen LogP contribution >= 0.6 is 0 Å². The van der Waals surface area contributed by atoms with E-state index in [1.807, 2.05) is 28.8 Å². The van der Waals surface area contributed by atoms with Crippen LogP contribution in [0, 0.1) is 12.3 Å². The molecule has 2 aromatic rings. The SMILES string of the molecule is C#CCn1cc(/C=C2/NC(=O)N(CC(=O)O)C2=O)c2ccccc21. The summed E-state index contributed by atoms with van der Waals surface area (Å²) in [5, 5.41) is 12.0. The molecule has 1 aliphatic heterocycles. The number of carbonyl (C=O) groups excluding carboxylic acids is 2. The fraction of sp³-hybridized carbons (Fsp3) is 0.118. The molecule has 1 fully saturated rings. The summed E-state index contributed by atoms with van der Waals surface area (Å²) in [4.78, 5) is 35.3. The first-order valence-electron chi connectivity index (χ1n) is 7.09. The maximum absolute atomic E-state index is 12.2. The number of carbonyl (C=O) groups is 3. The molecule has 24 heavy (non-hydrogen) atoms. The van der Waals surface area contributed by atoms with E-state index >= 15 is 0 Å². The Kier molecular flexibility index (Phi) is 3.80. The standard InChI is InChI=1S/C17H13N3O4/c1-2-7-19-9-11(12-5-3-4-6-14(12)19)8-13-16(23)20(10-15(21)22)17(24)18-13/h1,3-6,8-9H,7,10H2,(H,18,24)(H,21,22)/b13-8+. The van der Waals surface area contributed by atoms with Crippen LogP contribution in [0.25, 0.3) is 17.0 Å². The number of terminal acetylenes is 1. The molecule has 0 spiro atoms. The van der Waals surface area contributed by atoms with Gasteiger partial charge in [-0.1, -0.05) is 24.1 Å². The van der Waals surface area contributed by atoms with Crippen molar-refractivity contribution in [2.24, 2.45) is 0 Å². The largest absolute Gasteiger partial charge is 0.480 e. The van der Waals surface area contributed by atoms with Gasteiger partial charge < -0.3 is 15.0 Å². The van der Waals surface area contributed by atoms with Gasteiger partial charge in [-0.15, -0.1) is 6.42 Å². The summed E-state index contributed by atoms with van der Waals surface area (Å²) in [6.07, 6.45) is 8.68. The smallest absolute Gasteiger partial charge is 0.329 e. The topological polar surface area (TPSA) is 91.6 Å². The minimum atomic E-state index is -1.26. The molecule has 7 heteroatoms. The molecule has 2 heterocycles. The summed E-state index contributed by atoms with van der Waals surface area (Å²) < 4.78 is 1.86. The molecule has 0 atom stereocenters. The molecule has 1 aromatic heterocycles. The van der Waals surface area contributed by atoms with Gasteiger partial charge >= 0.3 is 12.0 Å². The summed E-state index contributed by atoms with van der Waals surface area (Å²) in [6.45, 7) is -0.310. The van der Waals surface area contributed by atoms with Gasteiger partial charge in [0.25, 0.3) is 5.91 Å². The number of aromatic nitrogens is 1. The van der Waals surface area contributed by atoms with Crippen molar-refractivity contribution in [3.63, 3.8) is 0 Å². The molecule has 3 rings (SSSR count). The second-order valence-corrected chi connectivity index (χ2v) is 5.21. The van der Waals surface area contributed by atoms with Crippen LogP contribution < -0.4 is 5.32 Å². The maximum atomic E-state index is 12.2. The molecular weight excluding hydrogens is 310 g/mol.